The van der Waals surface area contributed by atoms with Crippen LogP contribution in [0.5, 0.6) is 0 Å². The summed E-state index contributed by atoms with van der Waals surface area (Å²) in [6, 6.07) is 7.29. The summed E-state index contributed by atoms with van der Waals surface area (Å²) in [5.41, 5.74) is 0.786. The molecule has 0 aliphatic heterocycles. The van der Waals surface area contributed by atoms with E-state index in [9.17, 15) is 0 Å². The van der Waals surface area contributed by atoms with Crippen LogP contribution in [0.1, 0.15) is 0 Å². The van der Waals surface area contributed by atoms with Gasteiger partial charge in [0.05, 0.1) is 0 Å². The maximum atomic E-state index is 5.96. The number of likely N-dealkylation sites (N-methyl/N-ethyl adjacent to an activating group) is 2. The third kappa shape index (κ3) is 4.70. The van der Waals surface area contributed by atoms with Crippen molar-refractivity contribution in [2.75, 3.05) is 37.4 Å². The highest BCUT2D eigenvalue weighted by molar-refractivity contribution is 6.30. The first-order valence-electron chi connectivity index (χ1n) is 6.38. The second-order valence-corrected chi connectivity index (χ2v) is 5.16. The number of hydrogen-bond acceptors (Lipinski definition) is 6. The Kier molecular flexibility index (Phi) is 5.55. The molecule has 0 unspecified atom stereocenters. The summed E-state index contributed by atoms with van der Waals surface area (Å²) < 4.78 is 0. The van der Waals surface area contributed by atoms with Crippen molar-refractivity contribution in [1.82, 2.24) is 20.3 Å². The van der Waals surface area contributed by atoms with Crippen molar-refractivity contribution in [3.8, 4) is 0 Å². The van der Waals surface area contributed by atoms with Gasteiger partial charge in [-0.15, -0.1) is 0 Å². The summed E-state index contributed by atoms with van der Waals surface area (Å²) in [4.78, 5) is 14.4. The summed E-state index contributed by atoms with van der Waals surface area (Å²) in [6.07, 6.45) is 0. The zero-order valence-corrected chi connectivity index (χ0v) is 13.3. The molecule has 1 aromatic heterocycles. The van der Waals surface area contributed by atoms with Gasteiger partial charge in [-0.2, -0.15) is 15.0 Å². The highest BCUT2D eigenvalue weighted by Crippen LogP contribution is 2.20. The van der Waals surface area contributed by atoms with Crippen LogP contribution in [0.2, 0.25) is 10.3 Å². The molecule has 0 amide bonds. The van der Waals surface area contributed by atoms with E-state index in [1.54, 1.807) is 12.1 Å². The first kappa shape index (κ1) is 15.8. The average Bonchev–Trinajstić information content (AvgIpc) is 2.44. The molecule has 0 bridgehead atoms. The molecule has 0 fully saturated rings. The zero-order valence-electron chi connectivity index (χ0n) is 11.8. The van der Waals surface area contributed by atoms with Gasteiger partial charge < -0.3 is 15.5 Å². The van der Waals surface area contributed by atoms with Crippen LogP contribution in [0, 0.1) is 0 Å². The lowest BCUT2D eigenvalue weighted by Crippen LogP contribution is -2.28. The van der Waals surface area contributed by atoms with Crippen molar-refractivity contribution in [2.24, 2.45) is 0 Å². The number of aromatic nitrogens is 3. The van der Waals surface area contributed by atoms with E-state index in [-0.39, 0.29) is 5.28 Å². The van der Waals surface area contributed by atoms with Gasteiger partial charge in [-0.25, -0.2) is 0 Å². The molecular weight excluding hydrogens is 311 g/mol. The molecule has 0 aliphatic carbocycles. The van der Waals surface area contributed by atoms with Crippen LogP contribution < -0.4 is 15.5 Å². The van der Waals surface area contributed by atoms with Crippen LogP contribution in [0.3, 0.4) is 0 Å². The fraction of sp³-hybridized carbons (Fsp3) is 0.308. The first-order chi connectivity index (χ1) is 10.1. The lowest BCUT2D eigenvalue weighted by Gasteiger charge is -2.17. The minimum absolute atomic E-state index is 0.140. The van der Waals surface area contributed by atoms with Crippen LogP contribution >= 0.6 is 23.2 Å². The number of hydrogen-bond donors (Lipinski definition) is 2. The molecule has 21 heavy (non-hydrogen) atoms. The molecule has 2 rings (SSSR count). The first-order valence-corrected chi connectivity index (χ1v) is 7.14. The SMILES string of the molecule is CNCCN(C)c1nc(Cl)nc(Nc2cccc(Cl)c2)n1. The Morgan fingerprint density at radius 1 is 1.19 bits per heavy atom. The van der Waals surface area contributed by atoms with Crippen LogP contribution in [0.4, 0.5) is 17.6 Å². The lowest BCUT2D eigenvalue weighted by molar-refractivity contribution is 0.751. The molecule has 2 aromatic rings. The Hall–Kier alpha value is -1.63. The van der Waals surface area contributed by atoms with Crippen molar-refractivity contribution in [3.05, 3.63) is 34.6 Å². The largest absolute Gasteiger partial charge is 0.342 e. The number of anilines is 3. The number of rotatable bonds is 6. The van der Waals surface area contributed by atoms with E-state index >= 15 is 0 Å². The van der Waals surface area contributed by atoms with E-state index in [1.807, 2.05) is 31.1 Å². The minimum atomic E-state index is 0.140. The Balaban J connectivity index is 2.18. The predicted molar refractivity (Wildman–Crippen MR) is 86.8 cm³/mol. The summed E-state index contributed by atoms with van der Waals surface area (Å²) in [5.74, 6) is 0.887. The van der Waals surface area contributed by atoms with Crippen LogP contribution in [0.25, 0.3) is 0 Å². The molecule has 0 atom stereocenters. The van der Waals surface area contributed by atoms with Gasteiger partial charge in [0.2, 0.25) is 17.2 Å². The highest BCUT2D eigenvalue weighted by Gasteiger charge is 2.09. The van der Waals surface area contributed by atoms with Gasteiger partial charge in [-0.3, -0.25) is 0 Å². The van der Waals surface area contributed by atoms with Gasteiger partial charge in [-0.1, -0.05) is 17.7 Å². The minimum Gasteiger partial charge on any atom is -0.342 e. The van der Waals surface area contributed by atoms with Crippen LogP contribution in [0.15, 0.2) is 24.3 Å². The van der Waals surface area contributed by atoms with Crippen LogP contribution in [-0.2, 0) is 0 Å². The summed E-state index contributed by atoms with van der Waals surface area (Å²) in [5, 5.41) is 6.90. The van der Waals surface area contributed by atoms with Gasteiger partial charge in [0.15, 0.2) is 0 Å². The Morgan fingerprint density at radius 2 is 2.00 bits per heavy atom. The standard InChI is InChI=1S/C13H16Cl2N6/c1-16-6-7-21(2)13-19-11(15)18-12(20-13)17-10-5-3-4-9(14)8-10/h3-5,8,16H,6-7H2,1-2H3,(H,17,18,19,20). The number of halogens is 2. The second kappa shape index (κ2) is 7.40. The molecule has 8 heteroatoms. The van der Waals surface area contributed by atoms with Gasteiger partial charge in [0.25, 0.3) is 0 Å². The van der Waals surface area contributed by atoms with E-state index in [1.165, 1.54) is 0 Å². The Morgan fingerprint density at radius 3 is 2.71 bits per heavy atom. The topological polar surface area (TPSA) is 66.0 Å². The van der Waals surface area contributed by atoms with Gasteiger partial charge >= 0.3 is 0 Å². The second-order valence-electron chi connectivity index (χ2n) is 4.39. The molecule has 112 valence electrons. The smallest absolute Gasteiger partial charge is 0.233 e. The Labute approximate surface area is 133 Å². The maximum absolute atomic E-state index is 5.96. The fourth-order valence-corrected chi connectivity index (χ4v) is 1.99. The van der Waals surface area contributed by atoms with Crippen molar-refractivity contribution >= 4 is 40.8 Å². The molecule has 1 heterocycles. The number of nitrogens with zero attached hydrogens (tertiary/aromatic N) is 4. The van der Waals surface area contributed by atoms with Gasteiger partial charge in [0.1, 0.15) is 0 Å². The third-order valence-electron chi connectivity index (χ3n) is 2.72. The Bertz CT molecular complexity index is 607. The molecule has 0 saturated heterocycles. The summed E-state index contributed by atoms with van der Waals surface area (Å²) in [7, 11) is 3.78. The molecular formula is C13H16Cl2N6. The predicted octanol–water partition coefficient (Wildman–Crippen LogP) is 2.58. The molecule has 0 saturated carbocycles. The van der Waals surface area contributed by atoms with E-state index in [4.69, 9.17) is 23.2 Å². The third-order valence-corrected chi connectivity index (χ3v) is 3.12. The molecule has 1 aromatic carbocycles. The van der Waals surface area contributed by atoms with Crippen molar-refractivity contribution < 1.29 is 0 Å². The molecule has 2 N–H and O–H groups in total. The van der Waals surface area contributed by atoms with Gasteiger partial charge in [0, 0.05) is 30.8 Å². The summed E-state index contributed by atoms with van der Waals surface area (Å²) >= 11 is 11.9. The van der Waals surface area contributed by atoms with E-state index in [2.05, 4.69) is 25.6 Å². The molecule has 6 nitrogen and oxygen atoms in total. The number of nitrogens with one attached hydrogen (secondary N) is 2. The highest BCUT2D eigenvalue weighted by atomic mass is 35.5. The average molecular weight is 327 g/mol. The maximum Gasteiger partial charge on any atom is 0.233 e. The number of benzene rings is 1. The normalized spacial score (nSPS) is 10.5. The summed E-state index contributed by atoms with van der Waals surface area (Å²) in [6.45, 7) is 1.57. The molecule has 0 radical (unpaired) electrons. The van der Waals surface area contributed by atoms with Crippen molar-refractivity contribution in [3.63, 3.8) is 0 Å². The molecule has 0 aliphatic rings. The van der Waals surface area contributed by atoms with Crippen molar-refractivity contribution in [1.29, 1.82) is 0 Å². The quantitative estimate of drug-likeness (QED) is 0.850. The van der Waals surface area contributed by atoms with Crippen molar-refractivity contribution in [2.45, 2.75) is 0 Å². The monoisotopic (exact) mass is 326 g/mol. The fourth-order valence-electron chi connectivity index (χ4n) is 1.64. The van der Waals surface area contributed by atoms with E-state index in [0.29, 0.717) is 16.9 Å². The van der Waals surface area contributed by atoms with Gasteiger partial charge in [-0.05, 0) is 36.8 Å². The van der Waals surface area contributed by atoms with E-state index in [0.717, 1.165) is 18.8 Å². The van der Waals surface area contributed by atoms with Crippen LogP contribution in [-0.4, -0.2) is 42.1 Å². The molecule has 0 spiro atoms. The lowest BCUT2D eigenvalue weighted by atomic mass is 10.3. The van der Waals surface area contributed by atoms with E-state index < -0.39 is 0 Å². The zero-order chi connectivity index (χ0) is 15.2.